The Morgan fingerprint density at radius 1 is 1.21 bits per heavy atom. The molecule has 2 N–H and O–H groups in total. The highest BCUT2D eigenvalue weighted by molar-refractivity contribution is 8.14. The van der Waals surface area contributed by atoms with Gasteiger partial charge in [0.15, 0.2) is 0 Å². The molecule has 0 saturated heterocycles. The molecule has 1 aromatic heterocycles. The average Bonchev–Trinajstić information content (AvgIpc) is 3.49. The fourth-order valence-corrected chi connectivity index (χ4v) is 5.49. The first-order chi connectivity index (χ1) is 18.3. The topological polar surface area (TPSA) is 119 Å². The van der Waals surface area contributed by atoms with E-state index in [0.29, 0.717) is 34.3 Å². The van der Waals surface area contributed by atoms with Crippen LogP contribution >= 0.6 is 23.1 Å². The quantitative estimate of drug-likeness (QED) is 0.229. The first kappa shape index (κ1) is 32.8. The number of hydrogen-bond acceptors (Lipinski definition) is 9. The van der Waals surface area contributed by atoms with Gasteiger partial charge in [-0.25, -0.2) is 14.6 Å². The van der Waals surface area contributed by atoms with Crippen LogP contribution in [0.5, 0.6) is 0 Å². The number of unbranched alkanes of at least 4 members (excludes halogenated alkanes) is 1. The first-order valence-corrected chi connectivity index (χ1v) is 15.4. The number of nitrogens with zero attached hydrogens (tertiary/aromatic N) is 2. The van der Waals surface area contributed by atoms with Crippen LogP contribution in [0.15, 0.2) is 22.5 Å². The van der Waals surface area contributed by atoms with Gasteiger partial charge in [-0.05, 0) is 46.5 Å². The summed E-state index contributed by atoms with van der Waals surface area (Å²) in [5.74, 6) is -0.460. The van der Waals surface area contributed by atoms with Crippen LogP contribution in [0.1, 0.15) is 91.8 Å². The maximum absolute atomic E-state index is 13.3. The van der Waals surface area contributed by atoms with Crippen LogP contribution < -0.4 is 10.6 Å². The van der Waals surface area contributed by atoms with E-state index in [4.69, 9.17) is 14.5 Å². The fourth-order valence-electron chi connectivity index (χ4n) is 3.56. The Bertz CT molecular complexity index is 1050. The van der Waals surface area contributed by atoms with E-state index in [9.17, 15) is 14.4 Å². The van der Waals surface area contributed by atoms with Crippen LogP contribution in [-0.4, -0.2) is 57.0 Å². The molecule has 0 aliphatic carbocycles. The summed E-state index contributed by atoms with van der Waals surface area (Å²) in [4.78, 5) is 47.5. The van der Waals surface area contributed by atoms with Crippen LogP contribution in [0.4, 0.5) is 4.79 Å². The number of nitrogens with one attached hydrogen (secondary N) is 2. The number of alkyl carbamates (subject to hydrolysis) is 1. The highest BCUT2D eigenvalue weighted by atomic mass is 32.2. The van der Waals surface area contributed by atoms with Gasteiger partial charge < -0.3 is 20.1 Å². The Morgan fingerprint density at radius 2 is 1.92 bits per heavy atom. The SMILES string of the molecule is CCCC=CCC(CC)OC(=O)C(NC(=O)C1(C)CSC(c2csc(CNC(=O)OC(C)(C)C)n2)=N1)C(C)C. The zero-order valence-electron chi connectivity index (χ0n) is 24.5. The van der Waals surface area contributed by atoms with Crippen molar-refractivity contribution in [3.05, 3.63) is 28.2 Å². The van der Waals surface area contributed by atoms with Crippen molar-refractivity contribution in [1.29, 1.82) is 0 Å². The number of ether oxygens (including phenoxy) is 2. The minimum absolute atomic E-state index is 0.144. The van der Waals surface area contributed by atoms with E-state index >= 15 is 0 Å². The summed E-state index contributed by atoms with van der Waals surface area (Å²) >= 11 is 2.84. The van der Waals surface area contributed by atoms with Crippen molar-refractivity contribution < 1.29 is 23.9 Å². The summed E-state index contributed by atoms with van der Waals surface area (Å²) in [7, 11) is 0. The van der Waals surface area contributed by atoms with E-state index in [1.807, 2.05) is 26.2 Å². The van der Waals surface area contributed by atoms with Crippen LogP contribution in [0.25, 0.3) is 0 Å². The van der Waals surface area contributed by atoms with Gasteiger partial charge in [-0.1, -0.05) is 46.3 Å². The van der Waals surface area contributed by atoms with Gasteiger partial charge in [0, 0.05) is 17.6 Å². The molecule has 0 aromatic carbocycles. The number of allylic oxidation sites excluding steroid dienone is 1. The lowest BCUT2D eigenvalue weighted by atomic mass is 10.0. The molecule has 0 fully saturated rings. The Kier molecular flexibility index (Phi) is 12.5. The van der Waals surface area contributed by atoms with E-state index < -0.39 is 29.2 Å². The highest BCUT2D eigenvalue weighted by Gasteiger charge is 2.41. The molecule has 2 rings (SSSR count). The zero-order valence-corrected chi connectivity index (χ0v) is 26.1. The summed E-state index contributed by atoms with van der Waals surface area (Å²) in [6, 6.07) is -0.767. The summed E-state index contributed by atoms with van der Waals surface area (Å²) in [5, 5.41) is 8.82. The Balaban J connectivity index is 2.01. The van der Waals surface area contributed by atoms with Crippen LogP contribution in [-0.2, 0) is 25.6 Å². The minimum Gasteiger partial charge on any atom is -0.461 e. The standard InChI is InChI=1S/C28H44N4O5S2/c1-9-11-12-13-14-19(10-2)36-24(33)22(18(3)4)31-25(34)28(8)17-39-23(32-28)20-16-38-21(30-20)15-29-26(35)37-27(5,6)7/h12-13,16,18-19,22H,9-11,14-15,17H2,1-8H3,(H,29,35)(H,31,34). The number of rotatable bonds is 13. The van der Waals surface area contributed by atoms with Gasteiger partial charge in [0.05, 0.1) is 6.54 Å². The lowest BCUT2D eigenvalue weighted by molar-refractivity contribution is -0.154. The van der Waals surface area contributed by atoms with Crippen LogP contribution in [0.3, 0.4) is 0 Å². The van der Waals surface area contributed by atoms with Gasteiger partial charge in [-0.2, -0.15) is 0 Å². The van der Waals surface area contributed by atoms with E-state index in [0.717, 1.165) is 12.8 Å². The predicted molar refractivity (Wildman–Crippen MR) is 158 cm³/mol. The number of carbonyl (C=O) groups excluding carboxylic acids is 3. The van der Waals surface area contributed by atoms with Crippen molar-refractivity contribution in [2.45, 2.75) is 111 Å². The summed E-state index contributed by atoms with van der Waals surface area (Å²) in [6.45, 7) is 15.3. The van der Waals surface area contributed by atoms with E-state index in [1.54, 1.807) is 27.7 Å². The van der Waals surface area contributed by atoms with Crippen molar-refractivity contribution in [3.8, 4) is 0 Å². The molecular formula is C28H44N4O5S2. The Morgan fingerprint density at radius 3 is 2.54 bits per heavy atom. The van der Waals surface area contributed by atoms with Crippen molar-refractivity contribution in [2.24, 2.45) is 10.9 Å². The molecule has 39 heavy (non-hydrogen) atoms. The number of aromatic nitrogens is 1. The third kappa shape index (κ3) is 10.6. The molecule has 9 nitrogen and oxygen atoms in total. The molecule has 218 valence electrons. The normalized spacial score (nSPS) is 19.1. The summed E-state index contributed by atoms with van der Waals surface area (Å²) in [5.41, 5.74) is -0.962. The monoisotopic (exact) mass is 580 g/mol. The second-order valence-electron chi connectivity index (χ2n) is 11.1. The van der Waals surface area contributed by atoms with Crippen molar-refractivity contribution >= 4 is 46.1 Å². The van der Waals surface area contributed by atoms with Gasteiger partial charge in [0.1, 0.15) is 39.0 Å². The third-order valence-corrected chi connectivity index (χ3v) is 7.98. The maximum Gasteiger partial charge on any atom is 0.408 e. The third-order valence-electron chi connectivity index (χ3n) is 5.85. The largest absolute Gasteiger partial charge is 0.461 e. The molecule has 1 aliphatic heterocycles. The lowest BCUT2D eigenvalue weighted by Gasteiger charge is -2.27. The van der Waals surface area contributed by atoms with E-state index in [1.165, 1.54) is 23.1 Å². The van der Waals surface area contributed by atoms with Crippen molar-refractivity contribution in [1.82, 2.24) is 15.6 Å². The van der Waals surface area contributed by atoms with Gasteiger partial charge in [-0.15, -0.1) is 23.1 Å². The molecule has 1 aromatic rings. The molecule has 11 heteroatoms. The number of hydrogen-bond donors (Lipinski definition) is 2. The van der Waals surface area contributed by atoms with Gasteiger partial charge in [0.2, 0.25) is 5.91 Å². The summed E-state index contributed by atoms with van der Waals surface area (Å²) in [6.07, 6.45) is 6.86. The van der Waals surface area contributed by atoms with Crippen LogP contribution in [0.2, 0.25) is 0 Å². The second kappa shape index (κ2) is 14.8. The van der Waals surface area contributed by atoms with Crippen molar-refractivity contribution in [3.63, 3.8) is 0 Å². The van der Waals surface area contributed by atoms with Gasteiger partial charge in [-0.3, -0.25) is 9.79 Å². The number of thioether (sulfide) groups is 1. The van der Waals surface area contributed by atoms with E-state index in [2.05, 4.69) is 34.7 Å². The lowest BCUT2D eigenvalue weighted by Crippen LogP contribution is -2.53. The smallest absolute Gasteiger partial charge is 0.408 e. The number of esters is 1. The van der Waals surface area contributed by atoms with Crippen molar-refractivity contribution in [2.75, 3.05) is 5.75 Å². The Labute approximate surface area is 241 Å². The molecule has 0 saturated carbocycles. The van der Waals surface area contributed by atoms with Gasteiger partial charge in [0.25, 0.3) is 0 Å². The molecule has 3 unspecified atom stereocenters. The van der Waals surface area contributed by atoms with Crippen LogP contribution in [0, 0.1) is 5.92 Å². The zero-order chi connectivity index (χ0) is 29.2. The number of thiazole rings is 1. The molecule has 0 spiro atoms. The van der Waals surface area contributed by atoms with E-state index in [-0.39, 0.29) is 24.5 Å². The maximum atomic E-state index is 13.3. The average molecular weight is 581 g/mol. The second-order valence-corrected chi connectivity index (χ2v) is 13.0. The van der Waals surface area contributed by atoms with Gasteiger partial charge >= 0.3 is 12.1 Å². The molecule has 2 amide bonds. The predicted octanol–water partition coefficient (Wildman–Crippen LogP) is 5.63. The number of amides is 2. The minimum atomic E-state index is -1.04. The number of aliphatic imine (C=N–C) groups is 1. The first-order valence-electron chi connectivity index (χ1n) is 13.6. The molecule has 1 aliphatic rings. The molecule has 2 heterocycles. The summed E-state index contributed by atoms with van der Waals surface area (Å²) < 4.78 is 11.0. The molecule has 0 bridgehead atoms. The fraction of sp³-hybridized carbons (Fsp3) is 0.679. The molecule has 3 atom stereocenters. The Hall–Kier alpha value is -2.40. The molecular weight excluding hydrogens is 536 g/mol. The number of carbonyl (C=O) groups is 3. The highest BCUT2D eigenvalue weighted by Crippen LogP contribution is 2.32. The molecule has 0 radical (unpaired) electrons.